The Labute approximate surface area is 123 Å². The number of hydrogen-bond donors (Lipinski definition) is 0. The van der Waals surface area contributed by atoms with Gasteiger partial charge in [-0.2, -0.15) is 0 Å². The summed E-state index contributed by atoms with van der Waals surface area (Å²) in [6.45, 7) is 1.76. The predicted octanol–water partition coefficient (Wildman–Crippen LogP) is 4.57. The molecule has 0 spiro atoms. The minimum atomic E-state index is -0.298. The third-order valence-electron chi connectivity index (χ3n) is 3.62. The summed E-state index contributed by atoms with van der Waals surface area (Å²) in [5, 5.41) is 4.82. The number of benzene rings is 3. The highest BCUT2D eigenvalue weighted by Gasteiger charge is 2.04. The van der Waals surface area contributed by atoms with Gasteiger partial charge in [0.2, 0.25) is 0 Å². The summed E-state index contributed by atoms with van der Waals surface area (Å²) in [4.78, 5) is 11.5. The number of rotatable bonds is 2. The second-order valence-corrected chi connectivity index (χ2v) is 5.12. The zero-order valence-electron chi connectivity index (χ0n) is 12.1. The van der Waals surface area contributed by atoms with Crippen LogP contribution >= 0.6 is 0 Å². The van der Waals surface area contributed by atoms with Crippen LogP contribution in [0.1, 0.15) is 12.5 Å². The van der Waals surface area contributed by atoms with Crippen molar-refractivity contribution in [2.24, 2.45) is 0 Å². The van der Waals surface area contributed by atoms with Crippen LogP contribution < -0.4 is 0 Å². The van der Waals surface area contributed by atoms with Gasteiger partial charge in [0.1, 0.15) is 0 Å². The number of hydrogen-bond acceptors (Lipinski definition) is 2. The van der Waals surface area contributed by atoms with E-state index in [0.717, 1.165) is 5.56 Å². The summed E-state index contributed by atoms with van der Waals surface area (Å²) in [7, 11) is 1.40. The lowest BCUT2D eigenvalue weighted by atomic mass is 10.0. The normalized spacial score (nSPS) is 11.8. The summed E-state index contributed by atoms with van der Waals surface area (Å²) in [6, 6.07) is 18.9. The molecule has 2 heteroatoms. The second-order valence-electron chi connectivity index (χ2n) is 5.12. The number of ether oxygens (including phenoxy) is 1. The van der Waals surface area contributed by atoms with Crippen molar-refractivity contribution in [1.82, 2.24) is 0 Å². The number of carbonyl (C=O) groups is 1. The molecule has 3 aromatic rings. The SMILES string of the molecule is COC(=O)C(C)=Cc1ccc2cc3ccccc3cc2c1. The molecular weight excluding hydrogens is 260 g/mol. The van der Waals surface area contributed by atoms with Gasteiger partial charge in [0.05, 0.1) is 7.11 Å². The monoisotopic (exact) mass is 276 g/mol. The largest absolute Gasteiger partial charge is 0.466 e. The maximum Gasteiger partial charge on any atom is 0.333 e. The van der Waals surface area contributed by atoms with E-state index in [1.165, 1.54) is 28.7 Å². The highest BCUT2D eigenvalue weighted by atomic mass is 16.5. The lowest BCUT2D eigenvalue weighted by Gasteiger charge is -2.04. The second kappa shape index (κ2) is 5.41. The Balaban J connectivity index is 2.11. The van der Waals surface area contributed by atoms with Crippen molar-refractivity contribution < 1.29 is 9.53 Å². The number of carbonyl (C=O) groups excluding carboxylic acids is 1. The van der Waals surface area contributed by atoms with E-state index in [1.807, 2.05) is 24.3 Å². The molecule has 0 aliphatic carbocycles. The van der Waals surface area contributed by atoms with Gasteiger partial charge >= 0.3 is 5.97 Å². The topological polar surface area (TPSA) is 26.3 Å². The Morgan fingerprint density at radius 3 is 2.19 bits per heavy atom. The molecule has 3 rings (SSSR count). The van der Waals surface area contributed by atoms with Gasteiger partial charge in [-0.3, -0.25) is 0 Å². The van der Waals surface area contributed by atoms with E-state index < -0.39 is 0 Å². The molecule has 3 aromatic carbocycles. The molecular formula is C19H16O2. The number of fused-ring (bicyclic) bond motifs is 2. The fourth-order valence-corrected chi connectivity index (χ4v) is 2.52. The van der Waals surface area contributed by atoms with E-state index in [0.29, 0.717) is 5.57 Å². The van der Waals surface area contributed by atoms with E-state index >= 15 is 0 Å². The molecule has 0 aliphatic rings. The lowest BCUT2D eigenvalue weighted by molar-refractivity contribution is -0.135. The summed E-state index contributed by atoms with van der Waals surface area (Å²) < 4.78 is 4.72. The molecule has 0 bridgehead atoms. The van der Waals surface area contributed by atoms with Crippen LogP contribution in [0.2, 0.25) is 0 Å². The van der Waals surface area contributed by atoms with E-state index in [9.17, 15) is 4.79 Å². The van der Waals surface area contributed by atoms with Crippen molar-refractivity contribution in [2.45, 2.75) is 6.92 Å². The molecule has 0 saturated heterocycles. The smallest absolute Gasteiger partial charge is 0.333 e. The van der Waals surface area contributed by atoms with Gasteiger partial charge < -0.3 is 4.74 Å². The first kappa shape index (κ1) is 13.4. The molecule has 0 heterocycles. The maximum atomic E-state index is 11.5. The van der Waals surface area contributed by atoms with Gasteiger partial charge in [-0.25, -0.2) is 4.79 Å². The molecule has 21 heavy (non-hydrogen) atoms. The average molecular weight is 276 g/mol. The maximum absolute atomic E-state index is 11.5. The Hall–Kier alpha value is -2.61. The van der Waals surface area contributed by atoms with Gasteiger partial charge in [-0.15, -0.1) is 0 Å². The first-order chi connectivity index (χ1) is 10.2. The molecule has 0 N–H and O–H groups in total. The standard InChI is InChI=1S/C19H16O2/c1-13(19(20)21-2)9-14-7-8-17-11-15-5-3-4-6-16(15)12-18(17)10-14/h3-12H,1-2H3. The third-order valence-corrected chi connectivity index (χ3v) is 3.62. The van der Waals surface area contributed by atoms with Crippen LogP contribution in [0.3, 0.4) is 0 Å². The van der Waals surface area contributed by atoms with Crippen LogP contribution in [0, 0.1) is 0 Å². The van der Waals surface area contributed by atoms with Gasteiger partial charge in [0.25, 0.3) is 0 Å². The third kappa shape index (κ3) is 2.65. The minimum absolute atomic E-state index is 0.298. The van der Waals surface area contributed by atoms with Gasteiger partial charge in [-0.05, 0) is 58.3 Å². The summed E-state index contributed by atoms with van der Waals surface area (Å²) >= 11 is 0. The zero-order chi connectivity index (χ0) is 14.8. The van der Waals surface area contributed by atoms with E-state index in [1.54, 1.807) is 6.92 Å². The summed E-state index contributed by atoms with van der Waals surface area (Å²) in [6.07, 6.45) is 1.85. The van der Waals surface area contributed by atoms with E-state index in [-0.39, 0.29) is 5.97 Å². The molecule has 0 atom stereocenters. The number of methoxy groups -OCH3 is 1. The van der Waals surface area contributed by atoms with Crippen molar-refractivity contribution in [3.63, 3.8) is 0 Å². The van der Waals surface area contributed by atoms with Crippen LogP contribution in [-0.4, -0.2) is 13.1 Å². The fraction of sp³-hybridized carbons (Fsp3) is 0.105. The Kier molecular flexibility index (Phi) is 3.44. The van der Waals surface area contributed by atoms with Gasteiger partial charge in [0.15, 0.2) is 0 Å². The van der Waals surface area contributed by atoms with Crippen molar-refractivity contribution in [3.8, 4) is 0 Å². The zero-order valence-corrected chi connectivity index (χ0v) is 12.1. The highest BCUT2D eigenvalue weighted by Crippen LogP contribution is 2.24. The van der Waals surface area contributed by atoms with Gasteiger partial charge in [-0.1, -0.05) is 36.4 Å². The van der Waals surface area contributed by atoms with E-state index in [2.05, 4.69) is 36.4 Å². The van der Waals surface area contributed by atoms with E-state index in [4.69, 9.17) is 4.74 Å². The molecule has 104 valence electrons. The van der Waals surface area contributed by atoms with Gasteiger partial charge in [0, 0.05) is 5.57 Å². The molecule has 0 saturated carbocycles. The van der Waals surface area contributed by atoms with Crippen LogP contribution in [0.5, 0.6) is 0 Å². The molecule has 2 nitrogen and oxygen atoms in total. The minimum Gasteiger partial charge on any atom is -0.466 e. The fourth-order valence-electron chi connectivity index (χ4n) is 2.52. The summed E-state index contributed by atoms with van der Waals surface area (Å²) in [5.74, 6) is -0.298. The molecule has 0 amide bonds. The van der Waals surface area contributed by atoms with Crippen LogP contribution in [0.4, 0.5) is 0 Å². The van der Waals surface area contributed by atoms with Crippen molar-refractivity contribution in [1.29, 1.82) is 0 Å². The van der Waals surface area contributed by atoms with Crippen molar-refractivity contribution >= 4 is 33.6 Å². The average Bonchev–Trinajstić information content (AvgIpc) is 2.52. The molecule has 0 aromatic heterocycles. The van der Waals surface area contributed by atoms with Crippen molar-refractivity contribution in [2.75, 3.05) is 7.11 Å². The van der Waals surface area contributed by atoms with Crippen LogP contribution in [0.25, 0.3) is 27.6 Å². The molecule has 0 fully saturated rings. The number of esters is 1. The Morgan fingerprint density at radius 2 is 1.52 bits per heavy atom. The van der Waals surface area contributed by atoms with Crippen molar-refractivity contribution in [3.05, 3.63) is 65.7 Å². The Bertz CT molecular complexity index is 860. The highest BCUT2D eigenvalue weighted by molar-refractivity contribution is 5.99. The summed E-state index contributed by atoms with van der Waals surface area (Å²) in [5.41, 5.74) is 1.60. The predicted molar refractivity (Wildman–Crippen MR) is 87.1 cm³/mol. The lowest BCUT2D eigenvalue weighted by Crippen LogP contribution is -2.00. The van der Waals surface area contributed by atoms with Crippen LogP contribution in [-0.2, 0) is 9.53 Å². The Morgan fingerprint density at radius 1 is 0.905 bits per heavy atom. The first-order valence-corrected chi connectivity index (χ1v) is 6.86. The molecule has 0 unspecified atom stereocenters. The van der Waals surface area contributed by atoms with Crippen LogP contribution in [0.15, 0.2) is 60.2 Å². The molecule has 0 aliphatic heterocycles. The molecule has 0 radical (unpaired) electrons. The first-order valence-electron chi connectivity index (χ1n) is 6.86. The quantitative estimate of drug-likeness (QED) is 0.389.